The molecule has 128 valence electrons. The normalized spacial score (nSPS) is 10.6. The van der Waals surface area contributed by atoms with E-state index in [2.05, 4.69) is 47.1 Å². The maximum Gasteiger partial charge on any atom is 0.255 e. The summed E-state index contributed by atoms with van der Waals surface area (Å²) in [4.78, 5) is 14.9. The third kappa shape index (κ3) is 4.40. The number of halogens is 1. The van der Waals surface area contributed by atoms with E-state index in [4.69, 9.17) is 4.42 Å². The van der Waals surface area contributed by atoms with Crippen LogP contribution < -0.4 is 0 Å². The molecule has 4 heteroatoms. The van der Waals surface area contributed by atoms with Gasteiger partial charge in [-0.3, -0.25) is 4.79 Å². The molecule has 25 heavy (non-hydrogen) atoms. The number of hydrogen-bond acceptors (Lipinski definition) is 2. The van der Waals surface area contributed by atoms with Gasteiger partial charge in [0.25, 0.3) is 5.91 Å². The van der Waals surface area contributed by atoms with Crippen LogP contribution in [0.2, 0.25) is 0 Å². The lowest BCUT2D eigenvalue weighted by Gasteiger charge is -2.22. The summed E-state index contributed by atoms with van der Waals surface area (Å²) in [7, 11) is 0. The monoisotopic (exact) mass is 397 g/mol. The average molecular weight is 398 g/mol. The van der Waals surface area contributed by atoms with Crippen molar-refractivity contribution < 1.29 is 9.21 Å². The first-order valence-electron chi connectivity index (χ1n) is 8.31. The number of nitrogens with zero attached hydrogens (tertiary/aromatic N) is 1. The molecule has 0 saturated heterocycles. The average Bonchev–Trinajstić information content (AvgIpc) is 3.15. The Morgan fingerprint density at radius 2 is 1.68 bits per heavy atom. The van der Waals surface area contributed by atoms with Crippen LogP contribution in [0.15, 0.2) is 75.8 Å². The van der Waals surface area contributed by atoms with Crippen LogP contribution in [-0.4, -0.2) is 10.8 Å². The number of aryl methyl sites for hydroxylation is 1. The Kier molecular flexibility index (Phi) is 5.71. The molecule has 0 N–H and O–H groups in total. The summed E-state index contributed by atoms with van der Waals surface area (Å²) < 4.78 is 6.25. The van der Waals surface area contributed by atoms with E-state index in [-0.39, 0.29) is 5.91 Å². The van der Waals surface area contributed by atoms with E-state index >= 15 is 0 Å². The predicted octanol–water partition coefficient (Wildman–Crippen LogP) is 5.45. The number of furan rings is 1. The van der Waals surface area contributed by atoms with Gasteiger partial charge < -0.3 is 9.32 Å². The topological polar surface area (TPSA) is 33.5 Å². The fourth-order valence-electron chi connectivity index (χ4n) is 2.70. The van der Waals surface area contributed by atoms with Gasteiger partial charge in [-0.1, -0.05) is 43.3 Å². The third-order valence-corrected chi connectivity index (χ3v) is 4.81. The fraction of sp³-hybridized carbons (Fsp3) is 0.190. The first kappa shape index (κ1) is 17.5. The van der Waals surface area contributed by atoms with Crippen molar-refractivity contribution in [2.24, 2.45) is 0 Å². The summed E-state index contributed by atoms with van der Waals surface area (Å²) in [5.74, 6) is 0.744. The van der Waals surface area contributed by atoms with Crippen molar-refractivity contribution in [3.05, 3.63) is 93.9 Å². The number of carbonyl (C=O) groups excluding carboxylic acids is 1. The molecule has 0 aliphatic heterocycles. The van der Waals surface area contributed by atoms with Crippen LogP contribution in [0.4, 0.5) is 0 Å². The highest BCUT2D eigenvalue weighted by molar-refractivity contribution is 9.10. The molecule has 0 fully saturated rings. The fourth-order valence-corrected chi connectivity index (χ4v) is 3.15. The summed E-state index contributed by atoms with van der Waals surface area (Å²) in [5.41, 5.74) is 3.04. The van der Waals surface area contributed by atoms with Crippen molar-refractivity contribution in [1.82, 2.24) is 4.90 Å². The molecule has 1 heterocycles. The standard InChI is InChI=1S/C21H20BrNO2/c1-2-16-9-11-17(12-10-16)14-23(15-18-6-5-13-25-18)21(24)19-7-3-4-8-20(19)22/h3-13H,2,14-15H2,1H3. The van der Waals surface area contributed by atoms with Crippen LogP contribution in [0.25, 0.3) is 0 Å². The van der Waals surface area contributed by atoms with E-state index < -0.39 is 0 Å². The quantitative estimate of drug-likeness (QED) is 0.554. The molecule has 0 unspecified atom stereocenters. The molecule has 0 radical (unpaired) electrons. The maximum atomic E-state index is 13.1. The molecular weight excluding hydrogens is 378 g/mol. The lowest BCUT2D eigenvalue weighted by Crippen LogP contribution is -2.30. The van der Waals surface area contributed by atoms with Crippen LogP contribution in [0.1, 0.15) is 34.2 Å². The Balaban J connectivity index is 1.86. The molecule has 0 aliphatic rings. The summed E-state index contributed by atoms with van der Waals surface area (Å²) in [5, 5.41) is 0. The zero-order valence-electron chi connectivity index (χ0n) is 14.1. The summed E-state index contributed by atoms with van der Waals surface area (Å²) >= 11 is 3.48. The second-order valence-electron chi connectivity index (χ2n) is 5.89. The van der Waals surface area contributed by atoms with Crippen LogP contribution in [0, 0.1) is 0 Å². The molecule has 2 aromatic carbocycles. The van der Waals surface area contributed by atoms with Gasteiger partial charge in [0.05, 0.1) is 18.4 Å². The van der Waals surface area contributed by atoms with Crippen LogP contribution in [-0.2, 0) is 19.5 Å². The number of hydrogen-bond donors (Lipinski definition) is 0. The number of benzene rings is 2. The highest BCUT2D eigenvalue weighted by Crippen LogP contribution is 2.21. The Morgan fingerprint density at radius 1 is 0.960 bits per heavy atom. The first-order valence-corrected chi connectivity index (χ1v) is 9.10. The number of amides is 1. The van der Waals surface area contributed by atoms with Gasteiger partial charge in [0.15, 0.2) is 0 Å². The zero-order chi connectivity index (χ0) is 17.6. The van der Waals surface area contributed by atoms with Crippen molar-refractivity contribution in [3.63, 3.8) is 0 Å². The maximum absolute atomic E-state index is 13.1. The molecule has 3 rings (SSSR count). The lowest BCUT2D eigenvalue weighted by atomic mass is 10.1. The van der Waals surface area contributed by atoms with E-state index in [1.54, 1.807) is 11.2 Å². The molecule has 3 nitrogen and oxygen atoms in total. The van der Waals surface area contributed by atoms with Gasteiger partial charge in [-0.05, 0) is 57.7 Å². The van der Waals surface area contributed by atoms with Gasteiger partial charge in [-0.25, -0.2) is 0 Å². The molecule has 1 amide bonds. The Labute approximate surface area is 156 Å². The first-order chi connectivity index (χ1) is 12.2. The van der Waals surface area contributed by atoms with Gasteiger partial charge in [-0.2, -0.15) is 0 Å². The number of carbonyl (C=O) groups is 1. The highest BCUT2D eigenvalue weighted by atomic mass is 79.9. The minimum atomic E-state index is -0.0246. The van der Waals surface area contributed by atoms with Gasteiger partial charge in [0, 0.05) is 11.0 Å². The summed E-state index contributed by atoms with van der Waals surface area (Å²) in [6.45, 7) is 3.10. The van der Waals surface area contributed by atoms with E-state index in [9.17, 15) is 4.79 Å². The van der Waals surface area contributed by atoms with E-state index in [1.165, 1.54) is 5.56 Å². The second-order valence-corrected chi connectivity index (χ2v) is 6.74. The minimum Gasteiger partial charge on any atom is -0.467 e. The third-order valence-electron chi connectivity index (χ3n) is 4.12. The van der Waals surface area contributed by atoms with Gasteiger partial charge in [0.2, 0.25) is 0 Å². The zero-order valence-corrected chi connectivity index (χ0v) is 15.7. The predicted molar refractivity (Wildman–Crippen MR) is 102 cm³/mol. The highest BCUT2D eigenvalue weighted by Gasteiger charge is 2.19. The van der Waals surface area contributed by atoms with E-state index in [1.807, 2.05) is 36.4 Å². The Morgan fingerprint density at radius 3 is 2.32 bits per heavy atom. The van der Waals surface area contributed by atoms with E-state index in [0.29, 0.717) is 18.7 Å². The molecule has 0 aliphatic carbocycles. The van der Waals surface area contributed by atoms with Crippen molar-refractivity contribution in [2.75, 3.05) is 0 Å². The lowest BCUT2D eigenvalue weighted by molar-refractivity contribution is 0.0717. The molecule has 0 saturated carbocycles. The van der Waals surface area contributed by atoms with Crippen molar-refractivity contribution >= 4 is 21.8 Å². The molecule has 1 aromatic heterocycles. The SMILES string of the molecule is CCc1ccc(CN(Cc2ccco2)C(=O)c2ccccc2Br)cc1. The Hall–Kier alpha value is -2.33. The van der Waals surface area contributed by atoms with Crippen molar-refractivity contribution in [1.29, 1.82) is 0 Å². The van der Waals surface area contributed by atoms with Crippen molar-refractivity contribution in [2.45, 2.75) is 26.4 Å². The van der Waals surface area contributed by atoms with Crippen LogP contribution in [0.3, 0.4) is 0 Å². The van der Waals surface area contributed by atoms with Gasteiger partial charge in [-0.15, -0.1) is 0 Å². The molecule has 0 bridgehead atoms. The molecule has 3 aromatic rings. The molecule has 0 atom stereocenters. The minimum absolute atomic E-state index is 0.0246. The van der Waals surface area contributed by atoms with Gasteiger partial charge in [0.1, 0.15) is 5.76 Å². The van der Waals surface area contributed by atoms with Gasteiger partial charge >= 0.3 is 0 Å². The smallest absolute Gasteiger partial charge is 0.255 e. The number of rotatable bonds is 6. The summed E-state index contributed by atoms with van der Waals surface area (Å²) in [6.07, 6.45) is 2.64. The molecule has 0 spiro atoms. The van der Waals surface area contributed by atoms with E-state index in [0.717, 1.165) is 22.2 Å². The van der Waals surface area contributed by atoms with Crippen LogP contribution >= 0.6 is 15.9 Å². The largest absolute Gasteiger partial charge is 0.467 e. The van der Waals surface area contributed by atoms with Crippen LogP contribution in [0.5, 0.6) is 0 Å². The van der Waals surface area contributed by atoms with Crippen molar-refractivity contribution in [3.8, 4) is 0 Å². The summed E-state index contributed by atoms with van der Waals surface area (Å²) in [6, 6.07) is 19.6. The molecular formula is C21H20BrNO2. The Bertz CT molecular complexity index is 825. The second kappa shape index (κ2) is 8.17.